The minimum absolute atomic E-state index is 0.0878. The van der Waals surface area contributed by atoms with Gasteiger partial charge in [0.05, 0.1) is 4.92 Å². The van der Waals surface area contributed by atoms with Gasteiger partial charge in [-0.2, -0.15) is 11.8 Å². The van der Waals surface area contributed by atoms with E-state index in [1.54, 1.807) is 18.2 Å². The summed E-state index contributed by atoms with van der Waals surface area (Å²) in [6.45, 7) is 2.11. The van der Waals surface area contributed by atoms with Crippen LogP contribution in [0.3, 0.4) is 0 Å². The molecule has 0 amide bonds. The smallest absolute Gasteiger partial charge is 0.360 e. The molecular formula is C16H20N4O3S. The summed E-state index contributed by atoms with van der Waals surface area (Å²) in [6.07, 6.45) is 5.77. The van der Waals surface area contributed by atoms with Gasteiger partial charge in [0, 0.05) is 17.5 Å². The van der Waals surface area contributed by atoms with E-state index in [9.17, 15) is 14.9 Å². The number of thioether (sulfide) groups is 1. The Bertz CT molecular complexity index is 805. The average molecular weight is 348 g/mol. The summed E-state index contributed by atoms with van der Waals surface area (Å²) >= 11 is 1.86. The summed E-state index contributed by atoms with van der Waals surface area (Å²) in [5.41, 5.74) is -0.723. The van der Waals surface area contributed by atoms with Gasteiger partial charge in [0.2, 0.25) is 5.82 Å². The van der Waals surface area contributed by atoms with Crippen molar-refractivity contribution in [3.8, 4) is 0 Å². The molecule has 1 aliphatic rings. The number of hydrogen-bond donors (Lipinski definition) is 1. The quantitative estimate of drug-likeness (QED) is 0.660. The van der Waals surface area contributed by atoms with Gasteiger partial charge >= 0.3 is 11.2 Å². The number of pyridine rings is 1. The van der Waals surface area contributed by atoms with E-state index in [1.165, 1.54) is 17.0 Å². The Balaban J connectivity index is 2.03. The van der Waals surface area contributed by atoms with Gasteiger partial charge in [-0.1, -0.05) is 25.8 Å². The number of nitrogens with one attached hydrogen (secondary N) is 1. The molecule has 0 aliphatic heterocycles. The van der Waals surface area contributed by atoms with E-state index < -0.39 is 16.2 Å². The molecule has 0 saturated heterocycles. The van der Waals surface area contributed by atoms with Crippen LogP contribution >= 0.6 is 11.8 Å². The highest BCUT2D eigenvalue weighted by Gasteiger charge is 2.30. The van der Waals surface area contributed by atoms with E-state index in [0.717, 1.165) is 25.0 Å². The summed E-state index contributed by atoms with van der Waals surface area (Å²) in [7, 11) is 0. The Kier molecular flexibility index (Phi) is 5.03. The van der Waals surface area contributed by atoms with Crippen molar-refractivity contribution in [3.63, 3.8) is 0 Å². The molecule has 2 atom stereocenters. The fourth-order valence-corrected chi connectivity index (χ4v) is 4.39. The largest absolute Gasteiger partial charge is 0.376 e. The summed E-state index contributed by atoms with van der Waals surface area (Å²) in [6, 6.07) is 5.19. The molecule has 0 bridgehead atoms. The van der Waals surface area contributed by atoms with E-state index in [4.69, 9.17) is 0 Å². The average Bonchev–Trinajstić information content (AvgIpc) is 2.57. The summed E-state index contributed by atoms with van der Waals surface area (Å²) in [4.78, 5) is 27.6. The highest BCUT2D eigenvalue weighted by atomic mass is 32.2. The Hall–Kier alpha value is -2.09. The molecule has 0 radical (unpaired) electrons. The van der Waals surface area contributed by atoms with Crippen molar-refractivity contribution in [2.45, 2.75) is 43.9 Å². The van der Waals surface area contributed by atoms with Crippen molar-refractivity contribution < 1.29 is 4.92 Å². The molecule has 7 nitrogen and oxygen atoms in total. The second kappa shape index (κ2) is 7.21. The third kappa shape index (κ3) is 3.24. The van der Waals surface area contributed by atoms with Gasteiger partial charge in [-0.05, 0) is 30.7 Å². The molecule has 1 fully saturated rings. The van der Waals surface area contributed by atoms with Crippen LogP contribution in [0.4, 0.5) is 11.5 Å². The first-order chi connectivity index (χ1) is 11.6. The van der Waals surface area contributed by atoms with Gasteiger partial charge < -0.3 is 5.32 Å². The zero-order valence-electron chi connectivity index (χ0n) is 13.5. The zero-order chi connectivity index (χ0) is 17.1. The molecule has 1 aliphatic carbocycles. The van der Waals surface area contributed by atoms with Crippen molar-refractivity contribution in [1.82, 2.24) is 9.38 Å². The number of nitro groups is 1. The fourth-order valence-electron chi connectivity index (χ4n) is 3.20. The summed E-state index contributed by atoms with van der Waals surface area (Å²) in [5, 5.41) is 15.0. The van der Waals surface area contributed by atoms with Crippen molar-refractivity contribution in [2.75, 3.05) is 11.1 Å². The molecule has 2 aromatic heterocycles. The van der Waals surface area contributed by atoms with Crippen molar-refractivity contribution >= 4 is 28.9 Å². The van der Waals surface area contributed by atoms with Crippen LogP contribution in [0.25, 0.3) is 5.65 Å². The zero-order valence-corrected chi connectivity index (χ0v) is 14.3. The SMILES string of the molecule is CCSC1CCCCC1Nc1nc2ccccn2c(=O)c1[N+](=O)[O-]. The molecule has 128 valence electrons. The first-order valence-corrected chi connectivity index (χ1v) is 9.20. The van der Waals surface area contributed by atoms with Gasteiger partial charge in [0.25, 0.3) is 0 Å². The molecule has 8 heteroatoms. The van der Waals surface area contributed by atoms with Gasteiger partial charge in [-0.25, -0.2) is 4.98 Å². The van der Waals surface area contributed by atoms with Crippen molar-refractivity contribution in [3.05, 3.63) is 44.9 Å². The second-order valence-electron chi connectivity index (χ2n) is 5.83. The van der Waals surface area contributed by atoms with Crippen LogP contribution in [0.15, 0.2) is 29.2 Å². The number of fused-ring (bicyclic) bond motifs is 1. The summed E-state index contributed by atoms with van der Waals surface area (Å²) < 4.78 is 1.21. The number of anilines is 1. The lowest BCUT2D eigenvalue weighted by Gasteiger charge is -2.31. The second-order valence-corrected chi connectivity index (χ2v) is 7.35. The predicted octanol–water partition coefficient (Wildman–Crippen LogP) is 3.08. The molecule has 2 heterocycles. The lowest BCUT2D eigenvalue weighted by molar-refractivity contribution is -0.385. The van der Waals surface area contributed by atoms with E-state index in [-0.39, 0.29) is 11.9 Å². The Morgan fingerprint density at radius 1 is 1.42 bits per heavy atom. The number of aromatic nitrogens is 2. The molecule has 2 aromatic rings. The molecule has 0 aromatic carbocycles. The molecule has 24 heavy (non-hydrogen) atoms. The maximum absolute atomic E-state index is 12.5. The van der Waals surface area contributed by atoms with E-state index in [1.807, 2.05) is 11.8 Å². The van der Waals surface area contributed by atoms with Crippen molar-refractivity contribution in [2.24, 2.45) is 0 Å². The normalized spacial score (nSPS) is 20.9. The third-order valence-electron chi connectivity index (χ3n) is 4.30. The van der Waals surface area contributed by atoms with E-state index >= 15 is 0 Å². The number of rotatable bonds is 5. The minimum Gasteiger partial charge on any atom is -0.360 e. The van der Waals surface area contributed by atoms with E-state index in [2.05, 4.69) is 17.2 Å². The van der Waals surface area contributed by atoms with Crippen LogP contribution in [-0.2, 0) is 0 Å². The van der Waals surface area contributed by atoms with E-state index in [0.29, 0.717) is 10.9 Å². The standard InChI is InChI=1S/C16H20N4O3S/c1-2-24-12-8-4-3-7-11(12)17-15-14(20(22)23)16(21)19-10-6-5-9-13(19)18-15/h5-6,9-12,17H,2-4,7-8H2,1H3. The minimum atomic E-state index is -0.649. The Labute approximate surface area is 143 Å². The Morgan fingerprint density at radius 3 is 2.96 bits per heavy atom. The van der Waals surface area contributed by atoms with Crippen LogP contribution < -0.4 is 10.9 Å². The molecular weight excluding hydrogens is 328 g/mol. The first-order valence-electron chi connectivity index (χ1n) is 8.15. The topological polar surface area (TPSA) is 89.5 Å². The molecule has 1 saturated carbocycles. The highest BCUT2D eigenvalue weighted by Crippen LogP contribution is 2.32. The predicted molar refractivity (Wildman–Crippen MR) is 95.9 cm³/mol. The number of hydrogen-bond acceptors (Lipinski definition) is 6. The van der Waals surface area contributed by atoms with Crippen LogP contribution in [0.1, 0.15) is 32.6 Å². The summed E-state index contributed by atoms with van der Waals surface area (Å²) in [5.74, 6) is 1.09. The van der Waals surface area contributed by atoms with Crippen LogP contribution in [0.5, 0.6) is 0 Å². The van der Waals surface area contributed by atoms with Gasteiger partial charge in [0.15, 0.2) is 0 Å². The maximum atomic E-state index is 12.5. The van der Waals surface area contributed by atoms with Crippen LogP contribution in [0.2, 0.25) is 0 Å². The maximum Gasteiger partial charge on any atom is 0.376 e. The van der Waals surface area contributed by atoms with Gasteiger partial charge in [-0.15, -0.1) is 0 Å². The van der Waals surface area contributed by atoms with Gasteiger partial charge in [-0.3, -0.25) is 19.3 Å². The van der Waals surface area contributed by atoms with Crippen molar-refractivity contribution in [1.29, 1.82) is 0 Å². The highest BCUT2D eigenvalue weighted by molar-refractivity contribution is 7.99. The Morgan fingerprint density at radius 2 is 2.21 bits per heavy atom. The molecule has 3 rings (SSSR count). The lowest BCUT2D eigenvalue weighted by Crippen LogP contribution is -2.36. The van der Waals surface area contributed by atoms with Gasteiger partial charge in [0.1, 0.15) is 5.65 Å². The molecule has 2 unspecified atom stereocenters. The van der Waals surface area contributed by atoms with Crippen LogP contribution in [0, 0.1) is 10.1 Å². The number of nitrogens with zero attached hydrogens (tertiary/aromatic N) is 3. The molecule has 0 spiro atoms. The van der Waals surface area contributed by atoms with Crippen LogP contribution in [-0.4, -0.2) is 31.4 Å². The third-order valence-corrected chi connectivity index (χ3v) is 5.62. The molecule has 1 N–H and O–H groups in total. The first kappa shape index (κ1) is 16.8. The lowest BCUT2D eigenvalue weighted by atomic mass is 9.95. The fraction of sp³-hybridized carbons (Fsp3) is 0.500. The monoisotopic (exact) mass is 348 g/mol.